The third-order valence-electron chi connectivity index (χ3n) is 2.43. The van der Waals surface area contributed by atoms with E-state index in [1.165, 1.54) is 6.07 Å². The summed E-state index contributed by atoms with van der Waals surface area (Å²) in [5.41, 5.74) is 1.94. The van der Waals surface area contributed by atoms with Gasteiger partial charge in [0.25, 0.3) is 0 Å². The minimum Gasteiger partial charge on any atom is -0.374 e. The van der Waals surface area contributed by atoms with Crippen molar-refractivity contribution in [2.75, 3.05) is 18.5 Å². The number of fused-ring (bicyclic) bond motifs is 1. The second kappa shape index (κ2) is 2.77. The van der Waals surface area contributed by atoms with Crippen LogP contribution < -0.4 is 4.90 Å². The van der Waals surface area contributed by atoms with Gasteiger partial charge in [0, 0.05) is 24.8 Å². The van der Waals surface area contributed by atoms with E-state index in [2.05, 4.69) is 4.90 Å². The van der Waals surface area contributed by atoms with Crippen LogP contribution in [-0.4, -0.2) is 13.6 Å². The van der Waals surface area contributed by atoms with Gasteiger partial charge in [-0.25, -0.2) is 4.39 Å². The summed E-state index contributed by atoms with van der Waals surface area (Å²) in [5.74, 6) is -0.0564. The van der Waals surface area contributed by atoms with Gasteiger partial charge in [-0.3, -0.25) is 0 Å². The molecule has 0 aromatic heterocycles. The lowest BCUT2D eigenvalue weighted by atomic mass is 10.0. The number of rotatable bonds is 0. The predicted octanol–water partition coefficient (Wildman–Crippen LogP) is 2.21. The zero-order chi connectivity index (χ0) is 8.55. The Morgan fingerprint density at radius 2 is 2.25 bits per heavy atom. The Morgan fingerprint density at radius 3 is 3.00 bits per heavy atom. The standard InChI is InChI=1S/C10H12FN/c1-12-7-3-4-8-9(11)5-2-6-10(8)12/h2,5-6H,3-4,7H2,1H3. The van der Waals surface area contributed by atoms with E-state index in [0.29, 0.717) is 0 Å². The molecule has 64 valence electrons. The summed E-state index contributed by atoms with van der Waals surface area (Å²) >= 11 is 0. The van der Waals surface area contributed by atoms with E-state index in [1.807, 2.05) is 13.1 Å². The van der Waals surface area contributed by atoms with Crippen LogP contribution >= 0.6 is 0 Å². The van der Waals surface area contributed by atoms with Crippen molar-refractivity contribution < 1.29 is 4.39 Å². The maximum absolute atomic E-state index is 13.2. The number of anilines is 1. The summed E-state index contributed by atoms with van der Waals surface area (Å²) in [6.45, 7) is 1.04. The van der Waals surface area contributed by atoms with Gasteiger partial charge >= 0.3 is 0 Å². The largest absolute Gasteiger partial charge is 0.374 e. The van der Waals surface area contributed by atoms with Gasteiger partial charge in [-0.05, 0) is 25.0 Å². The van der Waals surface area contributed by atoms with E-state index in [0.717, 1.165) is 30.6 Å². The van der Waals surface area contributed by atoms with Crippen LogP contribution in [0.1, 0.15) is 12.0 Å². The molecular weight excluding hydrogens is 153 g/mol. The zero-order valence-electron chi connectivity index (χ0n) is 7.18. The Bertz CT molecular complexity index is 296. The summed E-state index contributed by atoms with van der Waals surface area (Å²) in [7, 11) is 2.01. The lowest BCUT2D eigenvalue weighted by molar-refractivity contribution is 0.594. The molecule has 0 spiro atoms. The van der Waals surface area contributed by atoms with Crippen molar-refractivity contribution in [2.45, 2.75) is 12.8 Å². The minimum atomic E-state index is -0.0564. The molecular formula is C10H12FN. The van der Waals surface area contributed by atoms with E-state index < -0.39 is 0 Å². The monoisotopic (exact) mass is 165 g/mol. The molecule has 1 aromatic rings. The van der Waals surface area contributed by atoms with Crippen LogP contribution in [0.25, 0.3) is 0 Å². The fourth-order valence-electron chi connectivity index (χ4n) is 1.77. The van der Waals surface area contributed by atoms with Crippen LogP contribution in [-0.2, 0) is 6.42 Å². The highest BCUT2D eigenvalue weighted by Gasteiger charge is 2.15. The smallest absolute Gasteiger partial charge is 0.128 e. The number of hydrogen-bond acceptors (Lipinski definition) is 1. The highest BCUT2D eigenvalue weighted by Crippen LogP contribution is 2.27. The molecule has 2 heteroatoms. The van der Waals surface area contributed by atoms with Crippen LogP contribution in [0.2, 0.25) is 0 Å². The zero-order valence-corrected chi connectivity index (χ0v) is 7.18. The highest BCUT2D eigenvalue weighted by molar-refractivity contribution is 5.55. The molecule has 12 heavy (non-hydrogen) atoms. The Morgan fingerprint density at radius 1 is 1.42 bits per heavy atom. The quantitative estimate of drug-likeness (QED) is 0.569. The molecule has 0 saturated heterocycles. The average molecular weight is 165 g/mol. The summed E-state index contributed by atoms with van der Waals surface area (Å²) in [6.07, 6.45) is 1.94. The molecule has 1 aliphatic rings. The lowest BCUT2D eigenvalue weighted by Gasteiger charge is -2.27. The van der Waals surface area contributed by atoms with E-state index in [9.17, 15) is 4.39 Å². The molecule has 0 radical (unpaired) electrons. The van der Waals surface area contributed by atoms with Crippen LogP contribution in [0.15, 0.2) is 18.2 Å². The van der Waals surface area contributed by atoms with Gasteiger partial charge in [0.05, 0.1) is 0 Å². The fraction of sp³-hybridized carbons (Fsp3) is 0.400. The van der Waals surface area contributed by atoms with E-state index in [-0.39, 0.29) is 5.82 Å². The Kier molecular flexibility index (Phi) is 1.75. The molecule has 1 nitrogen and oxygen atoms in total. The van der Waals surface area contributed by atoms with Crippen molar-refractivity contribution >= 4 is 5.69 Å². The van der Waals surface area contributed by atoms with Crippen LogP contribution in [0.5, 0.6) is 0 Å². The first-order valence-corrected chi connectivity index (χ1v) is 4.27. The molecule has 1 aromatic carbocycles. The Hall–Kier alpha value is -1.05. The van der Waals surface area contributed by atoms with Gasteiger partial charge in [-0.2, -0.15) is 0 Å². The first kappa shape index (κ1) is 7.59. The number of hydrogen-bond donors (Lipinski definition) is 0. The molecule has 0 bridgehead atoms. The average Bonchev–Trinajstić information content (AvgIpc) is 2.07. The van der Waals surface area contributed by atoms with Crippen molar-refractivity contribution in [3.8, 4) is 0 Å². The van der Waals surface area contributed by atoms with Gasteiger partial charge in [0.15, 0.2) is 0 Å². The van der Waals surface area contributed by atoms with E-state index in [1.54, 1.807) is 6.07 Å². The van der Waals surface area contributed by atoms with Crippen molar-refractivity contribution in [3.05, 3.63) is 29.6 Å². The summed E-state index contributed by atoms with van der Waals surface area (Å²) < 4.78 is 13.2. The molecule has 1 heterocycles. The minimum absolute atomic E-state index is 0.0564. The highest BCUT2D eigenvalue weighted by atomic mass is 19.1. The normalized spacial score (nSPS) is 16.0. The van der Waals surface area contributed by atoms with Crippen LogP contribution in [0, 0.1) is 5.82 Å². The van der Waals surface area contributed by atoms with Crippen molar-refractivity contribution in [2.24, 2.45) is 0 Å². The SMILES string of the molecule is CN1CCCc2c(F)cccc21. The lowest BCUT2D eigenvalue weighted by Crippen LogP contribution is -2.25. The molecule has 0 unspecified atom stereocenters. The molecule has 0 amide bonds. The van der Waals surface area contributed by atoms with Crippen LogP contribution in [0.4, 0.5) is 10.1 Å². The van der Waals surface area contributed by atoms with Crippen molar-refractivity contribution in [1.82, 2.24) is 0 Å². The van der Waals surface area contributed by atoms with Crippen LogP contribution in [0.3, 0.4) is 0 Å². The van der Waals surface area contributed by atoms with Crippen molar-refractivity contribution in [1.29, 1.82) is 0 Å². The molecule has 0 aliphatic carbocycles. The maximum Gasteiger partial charge on any atom is 0.128 e. The number of nitrogens with zero attached hydrogens (tertiary/aromatic N) is 1. The second-order valence-electron chi connectivity index (χ2n) is 3.26. The van der Waals surface area contributed by atoms with Gasteiger partial charge in [0.2, 0.25) is 0 Å². The summed E-state index contributed by atoms with van der Waals surface area (Å²) in [6, 6.07) is 5.30. The topological polar surface area (TPSA) is 3.24 Å². The number of benzene rings is 1. The first-order valence-electron chi connectivity index (χ1n) is 4.27. The third-order valence-corrected chi connectivity index (χ3v) is 2.43. The molecule has 0 saturated carbocycles. The molecule has 0 fully saturated rings. The van der Waals surface area contributed by atoms with Gasteiger partial charge in [-0.1, -0.05) is 6.07 Å². The van der Waals surface area contributed by atoms with Gasteiger partial charge in [0.1, 0.15) is 5.82 Å². The van der Waals surface area contributed by atoms with Gasteiger partial charge < -0.3 is 4.90 Å². The Balaban J connectivity index is 2.52. The van der Waals surface area contributed by atoms with Crippen molar-refractivity contribution in [3.63, 3.8) is 0 Å². The number of halogens is 1. The molecule has 0 N–H and O–H groups in total. The maximum atomic E-state index is 13.2. The predicted molar refractivity (Wildman–Crippen MR) is 48.0 cm³/mol. The molecule has 0 atom stereocenters. The summed E-state index contributed by atoms with van der Waals surface area (Å²) in [5, 5.41) is 0. The first-order chi connectivity index (χ1) is 5.79. The van der Waals surface area contributed by atoms with E-state index >= 15 is 0 Å². The second-order valence-corrected chi connectivity index (χ2v) is 3.26. The fourth-order valence-corrected chi connectivity index (χ4v) is 1.77. The molecule has 2 rings (SSSR count). The summed E-state index contributed by atoms with van der Waals surface area (Å²) in [4.78, 5) is 2.11. The van der Waals surface area contributed by atoms with Gasteiger partial charge in [-0.15, -0.1) is 0 Å². The Labute approximate surface area is 71.8 Å². The van der Waals surface area contributed by atoms with E-state index in [4.69, 9.17) is 0 Å². The third kappa shape index (κ3) is 1.07. The molecule has 1 aliphatic heterocycles.